The van der Waals surface area contributed by atoms with E-state index in [1.807, 2.05) is 6.07 Å². The van der Waals surface area contributed by atoms with Crippen molar-refractivity contribution in [3.63, 3.8) is 0 Å². The average Bonchev–Trinajstić information content (AvgIpc) is 3.22. The Balaban J connectivity index is 1.56. The predicted octanol–water partition coefficient (Wildman–Crippen LogP) is 2.79. The van der Waals surface area contributed by atoms with Gasteiger partial charge in [-0.05, 0) is 30.3 Å². The summed E-state index contributed by atoms with van der Waals surface area (Å²) in [5, 5.41) is 3.98. The van der Waals surface area contributed by atoms with Crippen molar-refractivity contribution in [1.29, 1.82) is 0 Å². The molecular weight excluding hydrogens is 311 g/mol. The third-order valence-corrected chi connectivity index (χ3v) is 3.94. The van der Waals surface area contributed by atoms with Crippen molar-refractivity contribution < 1.29 is 13.7 Å². The molecule has 7 heteroatoms. The van der Waals surface area contributed by atoms with Gasteiger partial charge in [0, 0.05) is 30.8 Å². The Morgan fingerprint density at radius 3 is 2.92 bits per heavy atom. The quantitative estimate of drug-likeness (QED) is 0.741. The summed E-state index contributed by atoms with van der Waals surface area (Å²) in [5.74, 6) is 0.127. The third kappa shape index (κ3) is 2.64. The van der Waals surface area contributed by atoms with Crippen LogP contribution in [0.5, 0.6) is 0 Å². The van der Waals surface area contributed by atoms with Crippen LogP contribution in [0.4, 0.5) is 10.1 Å². The van der Waals surface area contributed by atoms with Gasteiger partial charge < -0.3 is 9.42 Å². The maximum absolute atomic E-state index is 13.4. The first-order valence-corrected chi connectivity index (χ1v) is 7.51. The van der Waals surface area contributed by atoms with Crippen LogP contribution in [0.1, 0.15) is 18.2 Å². The summed E-state index contributed by atoms with van der Waals surface area (Å²) in [4.78, 5) is 22.3. The van der Waals surface area contributed by atoms with Gasteiger partial charge >= 0.3 is 0 Å². The minimum absolute atomic E-state index is 0.0882. The first-order chi connectivity index (χ1) is 11.7. The largest absolute Gasteiger partial charge is 0.332 e. The molecule has 4 rings (SSSR count). The Kier molecular flexibility index (Phi) is 3.53. The molecule has 24 heavy (non-hydrogen) atoms. The highest BCUT2D eigenvalue weighted by Crippen LogP contribution is 2.31. The van der Waals surface area contributed by atoms with E-state index in [9.17, 15) is 9.18 Å². The van der Waals surface area contributed by atoms with Gasteiger partial charge in [0.15, 0.2) is 5.82 Å². The second-order valence-electron chi connectivity index (χ2n) is 5.56. The summed E-state index contributed by atoms with van der Waals surface area (Å²) < 4.78 is 18.6. The fourth-order valence-electron chi connectivity index (χ4n) is 2.77. The monoisotopic (exact) mass is 324 g/mol. The van der Waals surface area contributed by atoms with Gasteiger partial charge in [0.1, 0.15) is 11.5 Å². The maximum Gasteiger partial charge on any atom is 0.276 e. The van der Waals surface area contributed by atoms with Gasteiger partial charge in [0.05, 0.1) is 0 Å². The first kappa shape index (κ1) is 14.5. The summed E-state index contributed by atoms with van der Waals surface area (Å²) in [6.45, 7) is 0.392. The molecular formula is C17H13FN4O2. The minimum Gasteiger partial charge on any atom is -0.332 e. The van der Waals surface area contributed by atoms with Crippen LogP contribution >= 0.6 is 0 Å². The molecule has 2 aromatic heterocycles. The van der Waals surface area contributed by atoms with Crippen molar-refractivity contribution in [2.75, 3.05) is 11.4 Å². The van der Waals surface area contributed by atoms with Gasteiger partial charge in [-0.1, -0.05) is 17.3 Å². The Hall–Kier alpha value is -3.09. The van der Waals surface area contributed by atoms with Gasteiger partial charge in [-0.3, -0.25) is 9.78 Å². The van der Waals surface area contributed by atoms with E-state index in [0.717, 1.165) is 0 Å². The van der Waals surface area contributed by atoms with E-state index in [1.54, 1.807) is 35.4 Å². The van der Waals surface area contributed by atoms with Crippen LogP contribution in [0.15, 0.2) is 53.2 Å². The van der Waals surface area contributed by atoms with Crippen LogP contribution in [-0.2, 0) is 4.79 Å². The van der Waals surface area contributed by atoms with E-state index < -0.39 is 0 Å². The predicted molar refractivity (Wildman–Crippen MR) is 83.6 cm³/mol. The third-order valence-electron chi connectivity index (χ3n) is 3.94. The summed E-state index contributed by atoms with van der Waals surface area (Å²) in [7, 11) is 0. The molecule has 0 saturated carbocycles. The molecule has 0 bridgehead atoms. The highest BCUT2D eigenvalue weighted by atomic mass is 19.1. The summed E-state index contributed by atoms with van der Waals surface area (Å²) in [6, 6.07) is 11.4. The lowest BCUT2D eigenvalue weighted by Crippen LogP contribution is -2.24. The number of aromatic nitrogens is 3. The number of carbonyl (C=O) groups is 1. The number of amides is 1. The van der Waals surface area contributed by atoms with Crippen molar-refractivity contribution in [3.8, 4) is 11.6 Å². The van der Waals surface area contributed by atoms with Gasteiger partial charge in [-0.15, -0.1) is 0 Å². The van der Waals surface area contributed by atoms with Crippen LogP contribution in [0.2, 0.25) is 0 Å². The number of rotatable bonds is 3. The molecule has 1 atom stereocenters. The van der Waals surface area contributed by atoms with E-state index >= 15 is 0 Å². The second-order valence-corrected chi connectivity index (χ2v) is 5.56. The molecule has 3 aromatic rings. The smallest absolute Gasteiger partial charge is 0.276 e. The van der Waals surface area contributed by atoms with Crippen molar-refractivity contribution in [2.45, 2.75) is 12.3 Å². The number of benzene rings is 1. The number of hydrogen-bond donors (Lipinski definition) is 0. The fourth-order valence-corrected chi connectivity index (χ4v) is 2.77. The highest BCUT2D eigenvalue weighted by Gasteiger charge is 2.34. The molecule has 6 nitrogen and oxygen atoms in total. The van der Waals surface area contributed by atoms with Crippen molar-refractivity contribution >= 4 is 11.6 Å². The number of halogens is 1. The molecule has 1 aliphatic rings. The Morgan fingerprint density at radius 2 is 2.12 bits per heavy atom. The van der Waals surface area contributed by atoms with Crippen molar-refractivity contribution in [3.05, 3.63) is 60.3 Å². The molecule has 3 heterocycles. The number of carbonyl (C=O) groups excluding carboxylic acids is 1. The van der Waals surface area contributed by atoms with Crippen LogP contribution in [-0.4, -0.2) is 27.6 Å². The normalized spacial score (nSPS) is 17.5. The first-order valence-electron chi connectivity index (χ1n) is 7.51. The van der Waals surface area contributed by atoms with E-state index in [1.165, 1.54) is 12.1 Å². The average molecular weight is 324 g/mol. The van der Waals surface area contributed by atoms with Crippen LogP contribution in [0.3, 0.4) is 0 Å². The van der Waals surface area contributed by atoms with E-state index in [4.69, 9.17) is 4.52 Å². The SMILES string of the molecule is O=C1C[C@H](c2noc(-c3ccccn3)n2)CN1c1cccc(F)c1. The summed E-state index contributed by atoms with van der Waals surface area (Å²) in [5.41, 5.74) is 1.12. The molecule has 120 valence electrons. The Morgan fingerprint density at radius 1 is 1.21 bits per heavy atom. The van der Waals surface area contributed by atoms with E-state index in [-0.39, 0.29) is 24.1 Å². The lowest BCUT2D eigenvalue weighted by atomic mass is 10.1. The van der Waals surface area contributed by atoms with Gasteiger partial charge in [-0.25, -0.2) is 4.39 Å². The molecule has 1 aromatic carbocycles. The summed E-state index contributed by atoms with van der Waals surface area (Å²) >= 11 is 0. The lowest BCUT2D eigenvalue weighted by molar-refractivity contribution is -0.117. The zero-order chi connectivity index (χ0) is 16.5. The Bertz CT molecular complexity index is 881. The molecule has 1 fully saturated rings. The van der Waals surface area contributed by atoms with Gasteiger partial charge in [0.2, 0.25) is 5.91 Å². The van der Waals surface area contributed by atoms with Crippen LogP contribution in [0.25, 0.3) is 11.6 Å². The fraction of sp³-hybridized carbons (Fsp3) is 0.176. The maximum atomic E-state index is 13.4. The van der Waals surface area contributed by atoms with Crippen LogP contribution < -0.4 is 4.90 Å². The zero-order valence-electron chi connectivity index (χ0n) is 12.6. The van der Waals surface area contributed by atoms with Gasteiger partial charge in [0.25, 0.3) is 5.89 Å². The van der Waals surface area contributed by atoms with Crippen molar-refractivity contribution in [2.24, 2.45) is 0 Å². The van der Waals surface area contributed by atoms with Crippen LogP contribution in [0, 0.1) is 5.82 Å². The topological polar surface area (TPSA) is 72.1 Å². The highest BCUT2D eigenvalue weighted by molar-refractivity contribution is 5.96. The molecule has 1 saturated heterocycles. The van der Waals surface area contributed by atoms with E-state index in [2.05, 4.69) is 15.1 Å². The van der Waals surface area contributed by atoms with Gasteiger partial charge in [-0.2, -0.15) is 4.98 Å². The number of pyridine rings is 1. The molecule has 0 radical (unpaired) electrons. The second kappa shape index (κ2) is 5.84. The molecule has 0 aliphatic carbocycles. The summed E-state index contributed by atoms with van der Waals surface area (Å²) in [6.07, 6.45) is 1.90. The molecule has 0 spiro atoms. The molecule has 1 amide bonds. The number of anilines is 1. The minimum atomic E-state index is -0.374. The lowest BCUT2D eigenvalue weighted by Gasteiger charge is -2.15. The zero-order valence-corrected chi connectivity index (χ0v) is 12.6. The van der Waals surface area contributed by atoms with E-state index in [0.29, 0.717) is 29.6 Å². The number of nitrogens with zero attached hydrogens (tertiary/aromatic N) is 4. The number of hydrogen-bond acceptors (Lipinski definition) is 5. The standard InChI is InChI=1S/C17H13FN4O2/c18-12-4-3-5-13(9-12)22-10-11(8-15(22)23)16-20-17(24-21-16)14-6-1-2-7-19-14/h1-7,9,11H,8,10H2/t11-/m0/s1. The van der Waals surface area contributed by atoms with Crippen molar-refractivity contribution in [1.82, 2.24) is 15.1 Å². The molecule has 1 aliphatic heterocycles. The Labute approximate surface area is 136 Å². The molecule has 0 N–H and O–H groups in total. The molecule has 0 unspecified atom stereocenters.